The van der Waals surface area contributed by atoms with Gasteiger partial charge in [-0.15, -0.1) is 0 Å². The van der Waals surface area contributed by atoms with Gasteiger partial charge in [-0.25, -0.2) is 0 Å². The number of hydrogen-bond acceptors (Lipinski definition) is 8. The summed E-state index contributed by atoms with van der Waals surface area (Å²) < 4.78 is 47.4. The Labute approximate surface area is 217 Å². The minimum Gasteiger partial charge on any atom is -0.487 e. The first kappa shape index (κ1) is 27.0. The van der Waals surface area contributed by atoms with E-state index in [0.717, 1.165) is 8.95 Å². The van der Waals surface area contributed by atoms with Crippen molar-refractivity contribution in [1.82, 2.24) is 0 Å². The SMILES string of the molecule is Brc1cc2c(cc1Br)OCCOCCOCCOc1ccccc1OCCOCCOCCO2. The molecule has 0 amide bonds. The fourth-order valence-electron chi connectivity index (χ4n) is 2.91. The van der Waals surface area contributed by atoms with Crippen LogP contribution in [-0.2, 0) is 18.9 Å². The predicted molar refractivity (Wildman–Crippen MR) is 134 cm³/mol. The molecule has 0 aromatic heterocycles. The Kier molecular flexibility index (Phi) is 12.9. The summed E-state index contributed by atoms with van der Waals surface area (Å²) in [7, 11) is 0. The zero-order valence-corrected chi connectivity index (χ0v) is 22.1. The summed E-state index contributed by atoms with van der Waals surface area (Å²) >= 11 is 6.99. The van der Waals surface area contributed by atoms with Gasteiger partial charge in [0, 0.05) is 8.95 Å². The molecule has 0 atom stereocenters. The summed E-state index contributed by atoms with van der Waals surface area (Å²) in [4.78, 5) is 0. The van der Waals surface area contributed by atoms with Gasteiger partial charge in [-0.05, 0) is 56.1 Å². The molecule has 8 nitrogen and oxygen atoms in total. The monoisotopic (exact) mass is 604 g/mol. The molecule has 1 aliphatic rings. The molecule has 3 rings (SSSR count). The maximum atomic E-state index is 5.86. The van der Waals surface area contributed by atoms with Crippen molar-refractivity contribution in [3.05, 3.63) is 45.3 Å². The van der Waals surface area contributed by atoms with Crippen LogP contribution in [0, 0.1) is 0 Å². The van der Waals surface area contributed by atoms with E-state index in [-0.39, 0.29) is 0 Å². The highest BCUT2D eigenvalue weighted by atomic mass is 79.9. The molecule has 2 aromatic rings. The van der Waals surface area contributed by atoms with Gasteiger partial charge in [-0.1, -0.05) is 12.1 Å². The van der Waals surface area contributed by atoms with Crippen LogP contribution >= 0.6 is 31.9 Å². The minimum absolute atomic E-state index is 0.387. The van der Waals surface area contributed by atoms with E-state index in [4.69, 9.17) is 37.9 Å². The van der Waals surface area contributed by atoms with Crippen LogP contribution in [0.3, 0.4) is 0 Å². The number of rotatable bonds is 0. The summed E-state index contributed by atoms with van der Waals surface area (Å²) in [6.07, 6.45) is 0. The highest BCUT2D eigenvalue weighted by Crippen LogP contribution is 2.36. The lowest BCUT2D eigenvalue weighted by Gasteiger charge is -2.15. The molecule has 0 N–H and O–H groups in total. The second-order valence-electron chi connectivity index (χ2n) is 7.00. The first-order chi connectivity index (χ1) is 16.7. The lowest BCUT2D eigenvalue weighted by molar-refractivity contribution is 0.0223. The van der Waals surface area contributed by atoms with Crippen molar-refractivity contribution in [3.8, 4) is 23.0 Å². The lowest BCUT2D eigenvalue weighted by atomic mass is 10.3. The highest BCUT2D eigenvalue weighted by molar-refractivity contribution is 9.13. The summed E-state index contributed by atoms with van der Waals surface area (Å²) in [5.41, 5.74) is 0. The Balaban J connectivity index is 1.49. The third-order valence-corrected chi connectivity index (χ3v) is 6.37. The van der Waals surface area contributed by atoms with Crippen LogP contribution < -0.4 is 18.9 Å². The molecule has 0 bridgehead atoms. The standard InChI is InChI=1S/C24H30Br2O8/c25-19-17-23-24(18-20(19)26)34-16-12-30-8-6-28-10-14-32-22-4-2-1-3-21(22)31-13-9-27-5-7-29-11-15-33-23/h1-4,17-18H,5-16H2. The molecule has 0 fully saturated rings. The number of fused-ring (bicyclic) bond motifs is 2. The molecule has 188 valence electrons. The van der Waals surface area contributed by atoms with E-state index < -0.39 is 0 Å². The van der Waals surface area contributed by atoms with E-state index >= 15 is 0 Å². The van der Waals surface area contributed by atoms with Crippen LogP contribution in [0.1, 0.15) is 0 Å². The molecule has 0 radical (unpaired) electrons. The van der Waals surface area contributed by atoms with Gasteiger partial charge >= 0.3 is 0 Å². The molecule has 2 aromatic carbocycles. The molecule has 34 heavy (non-hydrogen) atoms. The molecule has 1 heterocycles. The molecule has 0 aliphatic carbocycles. The first-order valence-corrected chi connectivity index (χ1v) is 12.7. The van der Waals surface area contributed by atoms with Gasteiger partial charge in [0.05, 0.1) is 52.9 Å². The average molecular weight is 606 g/mol. The molecule has 10 heteroatoms. The molecule has 0 spiro atoms. The Morgan fingerprint density at radius 2 is 0.706 bits per heavy atom. The predicted octanol–water partition coefficient (Wildman–Crippen LogP) is 4.51. The van der Waals surface area contributed by atoms with Gasteiger partial charge in [-0.3, -0.25) is 0 Å². The van der Waals surface area contributed by atoms with Crippen molar-refractivity contribution in [1.29, 1.82) is 0 Å². The third-order valence-electron chi connectivity index (χ3n) is 4.52. The Morgan fingerprint density at radius 1 is 0.412 bits per heavy atom. The summed E-state index contributed by atoms with van der Waals surface area (Å²) in [5.74, 6) is 2.61. The van der Waals surface area contributed by atoms with Crippen molar-refractivity contribution in [2.24, 2.45) is 0 Å². The largest absolute Gasteiger partial charge is 0.487 e. The van der Waals surface area contributed by atoms with Crippen molar-refractivity contribution >= 4 is 31.9 Å². The van der Waals surface area contributed by atoms with Crippen LogP contribution in [0.25, 0.3) is 0 Å². The van der Waals surface area contributed by atoms with E-state index in [0.29, 0.717) is 102 Å². The number of benzene rings is 2. The second kappa shape index (κ2) is 16.2. The summed E-state index contributed by atoms with van der Waals surface area (Å²) in [6.45, 7) is 5.24. The van der Waals surface area contributed by atoms with Gasteiger partial charge in [0.2, 0.25) is 0 Å². The van der Waals surface area contributed by atoms with Crippen molar-refractivity contribution in [3.63, 3.8) is 0 Å². The summed E-state index contributed by atoms with van der Waals surface area (Å²) in [6, 6.07) is 11.3. The van der Waals surface area contributed by atoms with E-state index in [1.54, 1.807) is 0 Å². The first-order valence-electron chi connectivity index (χ1n) is 11.1. The Hall–Kier alpha value is -1.56. The smallest absolute Gasteiger partial charge is 0.162 e. The number of ether oxygens (including phenoxy) is 8. The van der Waals surface area contributed by atoms with Gasteiger partial charge in [0.25, 0.3) is 0 Å². The zero-order valence-electron chi connectivity index (χ0n) is 19.0. The maximum Gasteiger partial charge on any atom is 0.162 e. The zero-order chi connectivity index (χ0) is 23.8. The molecule has 0 saturated heterocycles. The maximum absolute atomic E-state index is 5.86. The quantitative estimate of drug-likeness (QED) is 0.434. The lowest BCUT2D eigenvalue weighted by Crippen LogP contribution is -2.15. The normalized spacial score (nSPS) is 17.9. The molecule has 0 saturated carbocycles. The van der Waals surface area contributed by atoms with Gasteiger partial charge in [0.1, 0.15) is 26.4 Å². The van der Waals surface area contributed by atoms with E-state index in [1.807, 2.05) is 36.4 Å². The average Bonchev–Trinajstić information content (AvgIpc) is 2.84. The minimum atomic E-state index is 0.387. The van der Waals surface area contributed by atoms with E-state index in [9.17, 15) is 0 Å². The Bertz CT molecular complexity index is 784. The number of para-hydroxylation sites is 2. The fraction of sp³-hybridized carbons (Fsp3) is 0.500. The van der Waals surface area contributed by atoms with Crippen LogP contribution in [0.2, 0.25) is 0 Å². The van der Waals surface area contributed by atoms with Crippen molar-refractivity contribution < 1.29 is 37.9 Å². The molecular weight excluding hydrogens is 576 g/mol. The van der Waals surface area contributed by atoms with Crippen LogP contribution in [0.15, 0.2) is 45.3 Å². The fourth-order valence-corrected chi connectivity index (χ4v) is 3.56. The van der Waals surface area contributed by atoms with E-state index in [2.05, 4.69) is 31.9 Å². The Morgan fingerprint density at radius 3 is 1.06 bits per heavy atom. The van der Waals surface area contributed by atoms with E-state index in [1.165, 1.54) is 0 Å². The van der Waals surface area contributed by atoms with Gasteiger partial charge in [-0.2, -0.15) is 0 Å². The van der Waals surface area contributed by atoms with Gasteiger partial charge < -0.3 is 37.9 Å². The second-order valence-corrected chi connectivity index (χ2v) is 8.71. The number of halogens is 2. The van der Waals surface area contributed by atoms with Crippen LogP contribution in [-0.4, -0.2) is 79.3 Å². The molecular formula is C24H30Br2O8. The highest BCUT2D eigenvalue weighted by Gasteiger charge is 2.10. The van der Waals surface area contributed by atoms with Crippen LogP contribution in [0.5, 0.6) is 23.0 Å². The van der Waals surface area contributed by atoms with Crippen molar-refractivity contribution in [2.75, 3.05) is 79.3 Å². The molecule has 0 unspecified atom stereocenters. The van der Waals surface area contributed by atoms with Crippen LogP contribution in [0.4, 0.5) is 0 Å². The topological polar surface area (TPSA) is 73.8 Å². The summed E-state index contributed by atoms with van der Waals surface area (Å²) in [5, 5.41) is 0. The third kappa shape index (κ3) is 9.97. The number of hydrogen-bond donors (Lipinski definition) is 0. The molecule has 1 aliphatic heterocycles. The van der Waals surface area contributed by atoms with Crippen molar-refractivity contribution in [2.45, 2.75) is 0 Å². The van der Waals surface area contributed by atoms with Gasteiger partial charge in [0.15, 0.2) is 23.0 Å².